The molecule has 6 heteroatoms. The molecule has 2 rings (SSSR count). The number of esters is 1. The van der Waals surface area contributed by atoms with E-state index < -0.39 is 0 Å². The minimum atomic E-state index is -0.375. The summed E-state index contributed by atoms with van der Waals surface area (Å²) in [7, 11) is 1.76. The van der Waals surface area contributed by atoms with Crippen molar-refractivity contribution in [2.45, 2.75) is 20.4 Å². The van der Waals surface area contributed by atoms with E-state index in [9.17, 15) is 4.79 Å². The quantitative estimate of drug-likeness (QED) is 0.833. The highest BCUT2D eigenvalue weighted by Gasteiger charge is 2.17. The largest absolute Gasteiger partial charge is 0.462 e. The number of anilines is 1. The molecule has 0 atom stereocenters. The first kappa shape index (κ1) is 12.3. The fraction of sp³-hybridized carbons (Fsp3) is 0.417. The Morgan fingerprint density at radius 1 is 1.44 bits per heavy atom. The van der Waals surface area contributed by atoms with Crippen molar-refractivity contribution in [3.8, 4) is 0 Å². The molecule has 0 aromatic carbocycles. The molecule has 18 heavy (non-hydrogen) atoms. The number of pyridine rings is 1. The van der Waals surface area contributed by atoms with E-state index >= 15 is 0 Å². The number of rotatable bonds is 4. The Morgan fingerprint density at radius 3 is 2.83 bits per heavy atom. The molecule has 0 amide bonds. The van der Waals surface area contributed by atoms with E-state index in [0.717, 1.165) is 17.6 Å². The first-order chi connectivity index (χ1) is 8.72. The van der Waals surface area contributed by atoms with Gasteiger partial charge in [0.2, 0.25) is 0 Å². The van der Waals surface area contributed by atoms with Crippen molar-refractivity contribution in [2.75, 3.05) is 19.0 Å². The number of nitrogens with one attached hydrogen (secondary N) is 1. The van der Waals surface area contributed by atoms with E-state index in [1.54, 1.807) is 24.9 Å². The number of fused-ring (bicyclic) bond motifs is 1. The van der Waals surface area contributed by atoms with Crippen LogP contribution >= 0.6 is 0 Å². The maximum Gasteiger partial charge on any atom is 0.341 e. The molecule has 0 radical (unpaired) electrons. The summed E-state index contributed by atoms with van der Waals surface area (Å²) < 4.78 is 6.79. The molecular formula is C12H16N4O2. The molecule has 0 fully saturated rings. The molecule has 2 aromatic rings. The van der Waals surface area contributed by atoms with Gasteiger partial charge < -0.3 is 10.1 Å². The molecule has 0 bridgehead atoms. The zero-order valence-electron chi connectivity index (χ0n) is 10.7. The van der Waals surface area contributed by atoms with E-state index in [4.69, 9.17) is 4.74 Å². The minimum absolute atomic E-state index is 0.342. The third-order valence-electron chi connectivity index (χ3n) is 2.71. The van der Waals surface area contributed by atoms with E-state index in [2.05, 4.69) is 15.4 Å². The number of nitrogens with zero attached hydrogens (tertiary/aromatic N) is 3. The van der Waals surface area contributed by atoms with Gasteiger partial charge in [0.25, 0.3) is 0 Å². The maximum absolute atomic E-state index is 11.8. The van der Waals surface area contributed by atoms with Gasteiger partial charge in [-0.05, 0) is 13.8 Å². The van der Waals surface area contributed by atoms with Crippen molar-refractivity contribution in [1.29, 1.82) is 0 Å². The van der Waals surface area contributed by atoms with Gasteiger partial charge in [0, 0.05) is 19.8 Å². The average molecular weight is 248 g/mol. The lowest BCUT2D eigenvalue weighted by atomic mass is 10.2. The lowest BCUT2D eigenvalue weighted by Crippen LogP contribution is -2.09. The molecule has 0 unspecified atom stereocenters. The van der Waals surface area contributed by atoms with Crippen molar-refractivity contribution >= 4 is 22.7 Å². The summed E-state index contributed by atoms with van der Waals surface area (Å²) in [5.41, 5.74) is 1.90. The first-order valence-corrected chi connectivity index (χ1v) is 5.92. The highest BCUT2D eigenvalue weighted by Crippen LogP contribution is 2.25. The zero-order valence-corrected chi connectivity index (χ0v) is 10.7. The van der Waals surface area contributed by atoms with E-state index in [1.165, 1.54) is 6.20 Å². The molecule has 2 heterocycles. The molecular weight excluding hydrogens is 232 g/mol. The number of ether oxygens (including phenoxy) is 1. The van der Waals surface area contributed by atoms with Crippen LogP contribution in [0.15, 0.2) is 12.4 Å². The summed E-state index contributed by atoms with van der Waals surface area (Å²) >= 11 is 0. The second-order valence-corrected chi connectivity index (χ2v) is 3.71. The summed E-state index contributed by atoms with van der Waals surface area (Å²) in [6, 6.07) is 0. The van der Waals surface area contributed by atoms with Gasteiger partial charge in [0.15, 0.2) is 5.65 Å². The van der Waals surface area contributed by atoms with Crippen LogP contribution in [0.2, 0.25) is 0 Å². The van der Waals surface area contributed by atoms with Gasteiger partial charge in [-0.25, -0.2) is 14.5 Å². The highest BCUT2D eigenvalue weighted by atomic mass is 16.5. The van der Waals surface area contributed by atoms with E-state index in [0.29, 0.717) is 17.9 Å². The molecule has 0 aliphatic carbocycles. The van der Waals surface area contributed by atoms with Crippen LogP contribution in [0.3, 0.4) is 0 Å². The lowest BCUT2D eigenvalue weighted by molar-refractivity contribution is 0.0527. The Morgan fingerprint density at radius 2 is 2.22 bits per heavy atom. The molecule has 1 N–H and O–H groups in total. The Balaban J connectivity index is 2.59. The number of hydrogen-bond acceptors (Lipinski definition) is 5. The number of hydrogen-bond donors (Lipinski definition) is 1. The van der Waals surface area contributed by atoms with Crippen LogP contribution in [-0.4, -0.2) is 34.4 Å². The fourth-order valence-corrected chi connectivity index (χ4v) is 1.89. The normalized spacial score (nSPS) is 10.6. The molecule has 2 aromatic heterocycles. The summed E-state index contributed by atoms with van der Waals surface area (Å²) in [6.07, 6.45) is 3.24. The number of carbonyl (C=O) groups excluding carboxylic acids is 1. The highest BCUT2D eigenvalue weighted by molar-refractivity contribution is 6.04. The van der Waals surface area contributed by atoms with Crippen LogP contribution in [0, 0.1) is 0 Å². The summed E-state index contributed by atoms with van der Waals surface area (Å²) in [5, 5.41) is 8.08. The second-order valence-electron chi connectivity index (χ2n) is 3.71. The molecule has 0 aliphatic rings. The first-order valence-electron chi connectivity index (χ1n) is 5.92. The molecule has 0 aliphatic heterocycles. The van der Waals surface area contributed by atoms with Gasteiger partial charge in [0.1, 0.15) is 5.56 Å². The standard InChI is InChI=1S/C12H16N4O2/c1-4-16-11-8(7-15-16)10(13-3)9(6-14-11)12(17)18-5-2/h6-7H,4-5H2,1-3H3,(H,13,14). The van der Waals surface area contributed by atoms with Crippen molar-refractivity contribution in [3.63, 3.8) is 0 Å². The van der Waals surface area contributed by atoms with Crippen LogP contribution < -0.4 is 5.32 Å². The van der Waals surface area contributed by atoms with Gasteiger partial charge in [-0.15, -0.1) is 0 Å². The van der Waals surface area contributed by atoms with Crippen LogP contribution in [0.4, 0.5) is 5.69 Å². The van der Waals surface area contributed by atoms with Crippen LogP contribution in [-0.2, 0) is 11.3 Å². The number of carbonyl (C=O) groups is 1. The Kier molecular flexibility index (Phi) is 3.45. The van der Waals surface area contributed by atoms with Gasteiger partial charge in [0.05, 0.1) is 23.9 Å². The monoisotopic (exact) mass is 248 g/mol. The Hall–Kier alpha value is -2.11. The smallest absolute Gasteiger partial charge is 0.341 e. The van der Waals surface area contributed by atoms with Gasteiger partial charge in [-0.3, -0.25) is 0 Å². The van der Waals surface area contributed by atoms with Crippen molar-refractivity contribution in [3.05, 3.63) is 18.0 Å². The molecule has 0 spiro atoms. The van der Waals surface area contributed by atoms with Gasteiger partial charge in [-0.1, -0.05) is 0 Å². The van der Waals surface area contributed by atoms with Gasteiger partial charge >= 0.3 is 5.97 Å². The fourth-order valence-electron chi connectivity index (χ4n) is 1.89. The summed E-state index contributed by atoms with van der Waals surface area (Å²) in [5.74, 6) is -0.375. The SMILES string of the molecule is CCOC(=O)c1cnc2c(cnn2CC)c1NC. The second kappa shape index (κ2) is 5.03. The third kappa shape index (κ3) is 1.90. The van der Waals surface area contributed by atoms with Crippen molar-refractivity contribution in [2.24, 2.45) is 0 Å². The Bertz CT molecular complexity index is 577. The predicted molar refractivity (Wildman–Crippen MR) is 68.7 cm³/mol. The van der Waals surface area contributed by atoms with Crippen molar-refractivity contribution in [1.82, 2.24) is 14.8 Å². The van der Waals surface area contributed by atoms with E-state index in [1.807, 2.05) is 6.92 Å². The van der Waals surface area contributed by atoms with Crippen molar-refractivity contribution < 1.29 is 9.53 Å². The average Bonchev–Trinajstić information content (AvgIpc) is 2.80. The van der Waals surface area contributed by atoms with Crippen LogP contribution in [0.5, 0.6) is 0 Å². The third-order valence-corrected chi connectivity index (χ3v) is 2.71. The lowest BCUT2D eigenvalue weighted by Gasteiger charge is -2.09. The van der Waals surface area contributed by atoms with Crippen LogP contribution in [0.1, 0.15) is 24.2 Å². The molecule has 6 nitrogen and oxygen atoms in total. The molecule has 96 valence electrons. The van der Waals surface area contributed by atoms with E-state index in [-0.39, 0.29) is 5.97 Å². The maximum atomic E-state index is 11.8. The molecule has 0 saturated carbocycles. The minimum Gasteiger partial charge on any atom is -0.462 e. The number of aryl methyl sites for hydroxylation is 1. The molecule has 0 saturated heterocycles. The van der Waals surface area contributed by atoms with Crippen LogP contribution in [0.25, 0.3) is 11.0 Å². The predicted octanol–water partition coefficient (Wildman–Crippen LogP) is 1.67. The van der Waals surface area contributed by atoms with Gasteiger partial charge in [-0.2, -0.15) is 5.10 Å². The zero-order chi connectivity index (χ0) is 13.1. The summed E-state index contributed by atoms with van der Waals surface area (Å²) in [6.45, 7) is 4.84. The summed E-state index contributed by atoms with van der Waals surface area (Å²) in [4.78, 5) is 16.1. The topological polar surface area (TPSA) is 69.0 Å². The Labute approximate surface area is 105 Å². The number of aromatic nitrogens is 3.